The largest absolute Gasteiger partial charge is 0.771 e. The van der Waals surface area contributed by atoms with Crippen molar-refractivity contribution in [2.75, 3.05) is 24.3 Å². The number of H-pyrrole nitrogens is 1. The van der Waals surface area contributed by atoms with Crippen molar-refractivity contribution in [2.45, 2.75) is 57.1 Å². The fraction of sp³-hybridized carbons (Fsp3) is 0.619. The van der Waals surface area contributed by atoms with E-state index in [0.717, 1.165) is 6.42 Å². The molecule has 1 saturated heterocycles. The number of anilines is 1. The summed E-state index contributed by atoms with van der Waals surface area (Å²) in [5.41, 5.74) is 1.64. The minimum atomic E-state index is -2.66. The van der Waals surface area contributed by atoms with Crippen LogP contribution in [0.2, 0.25) is 0 Å². The predicted molar refractivity (Wildman–Crippen MR) is 123 cm³/mol. The number of likely N-dealkylation sites (tertiary alicyclic amines) is 1. The van der Waals surface area contributed by atoms with Crippen LogP contribution in [0.25, 0.3) is 16.9 Å². The number of ether oxygens (including phenoxy) is 1. The zero-order valence-electron chi connectivity index (χ0n) is 19.2. The van der Waals surface area contributed by atoms with Gasteiger partial charge in [-0.05, 0) is 36.3 Å². The highest BCUT2D eigenvalue weighted by molar-refractivity contribution is 7.79. The lowest BCUT2D eigenvalue weighted by Crippen LogP contribution is -2.46. The molecule has 1 saturated carbocycles. The molecule has 2 N–H and O–H groups in total. The van der Waals surface area contributed by atoms with Crippen LogP contribution < -0.4 is 10.1 Å². The van der Waals surface area contributed by atoms with E-state index in [1.165, 1.54) is 0 Å². The van der Waals surface area contributed by atoms with Gasteiger partial charge in [0.15, 0.2) is 5.65 Å². The highest BCUT2D eigenvalue weighted by Gasteiger charge is 2.36. The van der Waals surface area contributed by atoms with E-state index in [-0.39, 0.29) is 49.6 Å². The quantitative estimate of drug-likeness (QED) is 0.460. The molecule has 0 bridgehead atoms. The number of nitrogens with one attached hydrogen (secondary N) is 2. The molecule has 1 unspecified atom stereocenters. The first kappa shape index (κ1) is 24.0. The van der Waals surface area contributed by atoms with Crippen LogP contribution >= 0.6 is 0 Å². The zero-order chi connectivity index (χ0) is 24.6. The summed E-state index contributed by atoms with van der Waals surface area (Å²) >= 11 is -2.11. The second-order valence-corrected chi connectivity index (χ2v) is 10.2. The lowest BCUT2D eigenvalue weighted by Gasteiger charge is -2.37. The molecule has 3 aromatic rings. The van der Waals surface area contributed by atoms with Gasteiger partial charge in [0.1, 0.15) is 11.8 Å². The Morgan fingerprint density at radius 3 is 2.80 bits per heavy atom. The van der Waals surface area contributed by atoms with Crippen molar-refractivity contribution in [3.63, 3.8) is 0 Å². The van der Waals surface area contributed by atoms with E-state index in [1.54, 1.807) is 23.1 Å². The molecule has 0 aromatic carbocycles. The number of hydrogen-bond donors (Lipinski definition) is 2. The van der Waals surface area contributed by atoms with Gasteiger partial charge in [-0.1, -0.05) is 6.92 Å². The molecule has 3 atom stereocenters. The molecule has 1 aliphatic carbocycles. The molecule has 4 heterocycles. The first-order valence-electron chi connectivity index (χ1n) is 11.6. The summed E-state index contributed by atoms with van der Waals surface area (Å²) in [5.74, 6) is -1.72. The maximum absolute atomic E-state index is 13.7. The van der Waals surface area contributed by atoms with Crippen molar-refractivity contribution in [1.29, 1.82) is 0 Å². The molecule has 5 rings (SSSR count). The topological polar surface area (TPSA) is 136 Å². The Morgan fingerprint density at radius 2 is 2.11 bits per heavy atom. The van der Waals surface area contributed by atoms with Crippen molar-refractivity contribution in [3.8, 4) is 17.1 Å². The predicted octanol–water partition coefficient (Wildman–Crippen LogP) is 2.43. The number of alkyl halides is 2. The van der Waals surface area contributed by atoms with E-state index in [9.17, 15) is 17.5 Å². The van der Waals surface area contributed by atoms with Crippen molar-refractivity contribution in [3.05, 3.63) is 18.6 Å². The number of rotatable bonds is 7. The van der Waals surface area contributed by atoms with Gasteiger partial charge in [0.05, 0.1) is 18.3 Å². The van der Waals surface area contributed by atoms with Gasteiger partial charge in [-0.15, -0.1) is 5.10 Å². The van der Waals surface area contributed by atoms with Crippen LogP contribution in [0.15, 0.2) is 18.6 Å². The number of aromatic nitrogens is 6. The van der Waals surface area contributed by atoms with Crippen LogP contribution in [0, 0.1) is 5.92 Å². The lowest BCUT2D eigenvalue weighted by atomic mass is 9.94. The minimum absolute atomic E-state index is 0.0277. The Balaban J connectivity index is 1.39. The van der Waals surface area contributed by atoms with Crippen molar-refractivity contribution in [2.24, 2.45) is 5.92 Å². The van der Waals surface area contributed by atoms with E-state index in [1.807, 2.05) is 4.90 Å². The van der Waals surface area contributed by atoms with E-state index < -0.39 is 17.0 Å². The van der Waals surface area contributed by atoms with Crippen LogP contribution in [0.1, 0.15) is 39.0 Å². The molecule has 2 aliphatic rings. The maximum Gasteiger partial charge on any atom is 0.248 e. The third kappa shape index (κ3) is 5.43. The molecule has 0 amide bonds. The summed E-state index contributed by atoms with van der Waals surface area (Å²) in [5, 5.41) is 14.7. The number of hydrogen-bond acceptors (Lipinski definition) is 9. The molecule has 11 nitrogen and oxygen atoms in total. The number of halogens is 2. The molecule has 1 aliphatic heterocycles. The fourth-order valence-electron chi connectivity index (χ4n) is 4.75. The van der Waals surface area contributed by atoms with Crippen LogP contribution in [0.4, 0.5) is 14.7 Å². The van der Waals surface area contributed by atoms with Crippen molar-refractivity contribution < 1.29 is 22.3 Å². The maximum atomic E-state index is 13.7. The third-order valence-electron chi connectivity index (χ3n) is 6.64. The number of nitrogens with zero attached hydrogens (tertiary/aromatic N) is 6. The molecule has 35 heavy (non-hydrogen) atoms. The second kappa shape index (κ2) is 9.74. The Bertz CT molecular complexity index is 1180. The van der Waals surface area contributed by atoms with Gasteiger partial charge >= 0.3 is 0 Å². The smallest absolute Gasteiger partial charge is 0.248 e. The van der Waals surface area contributed by atoms with Gasteiger partial charge in [-0.3, -0.25) is 14.2 Å². The molecule has 3 aromatic heterocycles. The van der Waals surface area contributed by atoms with Crippen molar-refractivity contribution >= 4 is 22.7 Å². The second-order valence-electron chi connectivity index (χ2n) is 9.30. The van der Waals surface area contributed by atoms with Crippen LogP contribution in [-0.2, 0) is 11.1 Å². The third-order valence-corrected chi connectivity index (χ3v) is 7.22. The summed E-state index contributed by atoms with van der Waals surface area (Å²) < 4.78 is 57.2. The van der Waals surface area contributed by atoms with E-state index in [4.69, 9.17) is 4.74 Å². The first-order chi connectivity index (χ1) is 16.8. The lowest BCUT2D eigenvalue weighted by molar-refractivity contribution is -0.0590. The summed E-state index contributed by atoms with van der Waals surface area (Å²) in [6, 6.07) is 0.0648. The van der Waals surface area contributed by atoms with Gasteiger partial charge in [0, 0.05) is 43.7 Å². The summed E-state index contributed by atoms with van der Waals surface area (Å²) in [6.07, 6.45) is 5.25. The first-order valence-corrected chi connectivity index (χ1v) is 12.9. The SMILES string of the molecule is C[C@@H]1CN(CS(=O)[O-])CC[C@@H]1Nc1nc2cnc(-c3cn[nH]c3)c(OC3CCC(F)(F)CC3)n2n1. The van der Waals surface area contributed by atoms with Crippen LogP contribution in [0.3, 0.4) is 0 Å². The monoisotopic (exact) mass is 509 g/mol. The van der Waals surface area contributed by atoms with Crippen LogP contribution in [0.5, 0.6) is 5.88 Å². The fourth-order valence-corrected chi connectivity index (χ4v) is 5.28. The molecule has 2 fully saturated rings. The van der Waals surface area contributed by atoms with Crippen molar-refractivity contribution in [1.82, 2.24) is 34.7 Å². The molecular weight excluding hydrogens is 482 g/mol. The van der Waals surface area contributed by atoms with Gasteiger partial charge < -0.3 is 14.6 Å². The summed E-state index contributed by atoms with van der Waals surface area (Å²) in [4.78, 5) is 11.0. The van der Waals surface area contributed by atoms with E-state index in [2.05, 4.69) is 37.5 Å². The number of aromatic amines is 1. The highest BCUT2D eigenvalue weighted by Crippen LogP contribution is 2.37. The Hall–Kier alpha value is -2.71. The van der Waals surface area contributed by atoms with Crippen LogP contribution in [-0.4, -0.2) is 80.5 Å². The molecule has 190 valence electrons. The van der Waals surface area contributed by atoms with Gasteiger partial charge in [0.2, 0.25) is 17.8 Å². The highest BCUT2D eigenvalue weighted by atomic mass is 32.2. The van der Waals surface area contributed by atoms with Gasteiger partial charge in [-0.2, -0.15) is 14.6 Å². The van der Waals surface area contributed by atoms with E-state index in [0.29, 0.717) is 41.8 Å². The molecule has 14 heteroatoms. The minimum Gasteiger partial charge on any atom is -0.771 e. The summed E-state index contributed by atoms with van der Waals surface area (Å²) in [7, 11) is 0. The number of piperidine rings is 1. The Labute approximate surface area is 202 Å². The average molecular weight is 510 g/mol. The molecule has 0 radical (unpaired) electrons. The summed E-state index contributed by atoms with van der Waals surface area (Å²) in [6.45, 7) is 3.35. The standard InChI is InChI=1S/C21H28F2N8O3S/c1-13-11-30(12-35(32)33)7-4-16(13)27-20-28-17-10-24-18(14-8-25-26-9-14)19(31(17)29-20)34-15-2-5-21(22,23)6-3-15/h8-10,13,15-16H,2-7,11-12H2,1H3,(H,25,26)(H,27,29)(H,32,33)/p-1/t13-,16+/m1/s1. The normalized spacial score (nSPS) is 24.5. The Kier molecular flexibility index (Phi) is 6.68. The average Bonchev–Trinajstić information content (AvgIpc) is 3.47. The zero-order valence-corrected chi connectivity index (χ0v) is 20.0. The van der Waals surface area contributed by atoms with Gasteiger partial charge in [0.25, 0.3) is 0 Å². The number of fused-ring (bicyclic) bond motifs is 1. The molecule has 0 spiro atoms. The molecular formula is C21H27F2N8O3S-. The van der Waals surface area contributed by atoms with E-state index >= 15 is 0 Å². The Morgan fingerprint density at radius 1 is 1.31 bits per heavy atom. The van der Waals surface area contributed by atoms with Gasteiger partial charge in [-0.25, -0.2) is 13.8 Å².